The van der Waals surface area contributed by atoms with E-state index in [2.05, 4.69) is 22.2 Å². The van der Waals surface area contributed by atoms with Gasteiger partial charge in [-0.05, 0) is 51.4 Å². The van der Waals surface area contributed by atoms with E-state index in [1.807, 2.05) is 0 Å². The molecule has 0 saturated heterocycles. The second-order valence-corrected chi connectivity index (χ2v) is 6.19. The second kappa shape index (κ2) is 5.89. The minimum Gasteiger partial charge on any atom is -0.367 e. The third-order valence-electron chi connectivity index (χ3n) is 4.85. The Labute approximate surface area is 116 Å². The van der Waals surface area contributed by atoms with E-state index in [-0.39, 0.29) is 0 Å². The molecule has 1 fully saturated rings. The van der Waals surface area contributed by atoms with Gasteiger partial charge >= 0.3 is 0 Å². The SMILES string of the molecule is CC(Nc1ncnc2c1CCCCC2)C1CCCC1. The summed E-state index contributed by atoms with van der Waals surface area (Å²) in [6, 6.07) is 0.546. The maximum Gasteiger partial charge on any atom is 0.133 e. The van der Waals surface area contributed by atoms with Crippen molar-refractivity contribution in [1.29, 1.82) is 0 Å². The lowest BCUT2D eigenvalue weighted by atomic mass is 9.99. The van der Waals surface area contributed by atoms with E-state index >= 15 is 0 Å². The van der Waals surface area contributed by atoms with Gasteiger partial charge in [-0.2, -0.15) is 0 Å². The van der Waals surface area contributed by atoms with Gasteiger partial charge in [-0.1, -0.05) is 19.3 Å². The normalized spacial score (nSPS) is 21.7. The summed E-state index contributed by atoms with van der Waals surface area (Å²) in [4.78, 5) is 9.02. The summed E-state index contributed by atoms with van der Waals surface area (Å²) >= 11 is 0. The number of aryl methyl sites for hydroxylation is 1. The Hall–Kier alpha value is -1.12. The van der Waals surface area contributed by atoms with Gasteiger partial charge in [0, 0.05) is 17.3 Å². The standard InChI is InChI=1S/C16H25N3/c1-12(13-7-5-6-8-13)19-16-14-9-3-2-4-10-15(14)17-11-18-16/h11-13H,2-10H2,1H3,(H,17,18,19). The number of nitrogens with one attached hydrogen (secondary N) is 1. The zero-order chi connectivity index (χ0) is 13.1. The van der Waals surface area contributed by atoms with E-state index in [0.717, 1.165) is 24.6 Å². The first-order valence-electron chi connectivity index (χ1n) is 7.94. The average Bonchev–Trinajstić information content (AvgIpc) is 2.84. The molecule has 1 heterocycles. The molecule has 0 aliphatic heterocycles. The highest BCUT2D eigenvalue weighted by molar-refractivity contribution is 5.47. The molecule has 3 nitrogen and oxygen atoms in total. The summed E-state index contributed by atoms with van der Waals surface area (Å²) in [5.41, 5.74) is 2.68. The minimum absolute atomic E-state index is 0.546. The number of nitrogens with zero attached hydrogens (tertiary/aromatic N) is 2. The molecule has 1 unspecified atom stereocenters. The van der Waals surface area contributed by atoms with Crippen LogP contribution in [0, 0.1) is 5.92 Å². The summed E-state index contributed by atoms with van der Waals surface area (Å²) in [7, 11) is 0. The summed E-state index contributed by atoms with van der Waals surface area (Å²) in [5, 5.41) is 3.69. The maximum atomic E-state index is 4.52. The Kier molecular flexibility index (Phi) is 4.00. The van der Waals surface area contributed by atoms with Gasteiger partial charge in [0.25, 0.3) is 0 Å². The minimum atomic E-state index is 0.546. The molecular weight excluding hydrogens is 234 g/mol. The van der Waals surface area contributed by atoms with Gasteiger partial charge in [0.15, 0.2) is 0 Å². The van der Waals surface area contributed by atoms with Crippen LogP contribution in [0.15, 0.2) is 6.33 Å². The van der Waals surface area contributed by atoms with Crippen LogP contribution in [0.4, 0.5) is 5.82 Å². The van der Waals surface area contributed by atoms with Crippen molar-refractivity contribution in [2.75, 3.05) is 5.32 Å². The van der Waals surface area contributed by atoms with Crippen LogP contribution >= 0.6 is 0 Å². The number of fused-ring (bicyclic) bond motifs is 1. The number of hydrogen-bond donors (Lipinski definition) is 1. The van der Waals surface area contributed by atoms with E-state index in [1.165, 1.54) is 56.2 Å². The van der Waals surface area contributed by atoms with Gasteiger partial charge < -0.3 is 5.32 Å². The number of hydrogen-bond acceptors (Lipinski definition) is 3. The fraction of sp³-hybridized carbons (Fsp3) is 0.750. The van der Waals surface area contributed by atoms with Crippen molar-refractivity contribution in [2.45, 2.75) is 70.8 Å². The van der Waals surface area contributed by atoms with Crippen molar-refractivity contribution in [3.05, 3.63) is 17.6 Å². The van der Waals surface area contributed by atoms with E-state index in [4.69, 9.17) is 0 Å². The molecule has 1 saturated carbocycles. The molecule has 1 atom stereocenters. The highest BCUT2D eigenvalue weighted by atomic mass is 15.0. The van der Waals surface area contributed by atoms with Crippen LogP contribution in [0.2, 0.25) is 0 Å². The molecule has 3 heteroatoms. The lowest BCUT2D eigenvalue weighted by Crippen LogP contribution is -2.25. The van der Waals surface area contributed by atoms with Crippen LogP contribution in [0.1, 0.15) is 63.1 Å². The molecule has 2 aliphatic carbocycles. The Bertz CT molecular complexity index is 424. The predicted octanol–water partition coefficient (Wildman–Crippen LogP) is 3.74. The quantitative estimate of drug-likeness (QED) is 0.840. The number of rotatable bonds is 3. The molecule has 3 rings (SSSR count). The Morgan fingerprint density at radius 2 is 1.84 bits per heavy atom. The van der Waals surface area contributed by atoms with Gasteiger partial charge in [-0.25, -0.2) is 9.97 Å². The molecule has 1 aromatic heterocycles. The third kappa shape index (κ3) is 2.90. The van der Waals surface area contributed by atoms with Crippen LogP contribution in [0.25, 0.3) is 0 Å². The molecule has 19 heavy (non-hydrogen) atoms. The number of aromatic nitrogens is 2. The van der Waals surface area contributed by atoms with Gasteiger partial charge in [0.2, 0.25) is 0 Å². The van der Waals surface area contributed by atoms with Crippen LogP contribution < -0.4 is 5.32 Å². The molecule has 1 N–H and O–H groups in total. The highest BCUT2D eigenvalue weighted by Gasteiger charge is 2.23. The molecule has 1 aromatic rings. The zero-order valence-corrected chi connectivity index (χ0v) is 12.0. The van der Waals surface area contributed by atoms with E-state index in [1.54, 1.807) is 6.33 Å². The third-order valence-corrected chi connectivity index (χ3v) is 4.85. The fourth-order valence-electron chi connectivity index (χ4n) is 3.61. The first-order chi connectivity index (χ1) is 9.34. The molecule has 2 aliphatic rings. The van der Waals surface area contributed by atoms with Crippen LogP contribution in [0.5, 0.6) is 0 Å². The van der Waals surface area contributed by atoms with Crippen LogP contribution in [0.3, 0.4) is 0 Å². The molecular formula is C16H25N3. The number of anilines is 1. The smallest absolute Gasteiger partial charge is 0.133 e. The summed E-state index contributed by atoms with van der Waals surface area (Å²) < 4.78 is 0. The average molecular weight is 259 g/mol. The van der Waals surface area contributed by atoms with Crippen LogP contribution in [-0.2, 0) is 12.8 Å². The molecule has 0 aromatic carbocycles. The maximum absolute atomic E-state index is 4.52. The van der Waals surface area contributed by atoms with Crippen molar-refractivity contribution < 1.29 is 0 Å². The summed E-state index contributed by atoms with van der Waals surface area (Å²) in [6.45, 7) is 2.32. The zero-order valence-electron chi connectivity index (χ0n) is 12.0. The summed E-state index contributed by atoms with van der Waals surface area (Å²) in [6.07, 6.45) is 13.5. The highest BCUT2D eigenvalue weighted by Crippen LogP contribution is 2.30. The summed E-state index contributed by atoms with van der Waals surface area (Å²) in [5.74, 6) is 1.95. The van der Waals surface area contributed by atoms with Crippen LogP contribution in [-0.4, -0.2) is 16.0 Å². The first kappa shape index (κ1) is 12.9. The second-order valence-electron chi connectivity index (χ2n) is 6.19. The van der Waals surface area contributed by atoms with Gasteiger partial charge in [0.1, 0.15) is 12.1 Å². The Morgan fingerprint density at radius 3 is 2.68 bits per heavy atom. The monoisotopic (exact) mass is 259 g/mol. The van der Waals surface area contributed by atoms with E-state index in [9.17, 15) is 0 Å². The van der Waals surface area contributed by atoms with Gasteiger partial charge in [-0.15, -0.1) is 0 Å². The van der Waals surface area contributed by atoms with Crippen molar-refractivity contribution in [2.24, 2.45) is 5.92 Å². The topological polar surface area (TPSA) is 37.8 Å². The Balaban J connectivity index is 1.76. The van der Waals surface area contributed by atoms with Crippen molar-refractivity contribution in [3.63, 3.8) is 0 Å². The lowest BCUT2D eigenvalue weighted by molar-refractivity contribution is 0.480. The lowest BCUT2D eigenvalue weighted by Gasteiger charge is -2.22. The molecule has 0 amide bonds. The van der Waals surface area contributed by atoms with Crippen molar-refractivity contribution in [1.82, 2.24) is 9.97 Å². The van der Waals surface area contributed by atoms with Gasteiger partial charge in [-0.3, -0.25) is 0 Å². The molecule has 0 radical (unpaired) electrons. The Morgan fingerprint density at radius 1 is 1.05 bits per heavy atom. The fourth-order valence-corrected chi connectivity index (χ4v) is 3.61. The first-order valence-corrected chi connectivity index (χ1v) is 7.94. The molecule has 0 spiro atoms. The van der Waals surface area contributed by atoms with Crippen molar-refractivity contribution >= 4 is 5.82 Å². The predicted molar refractivity (Wildman–Crippen MR) is 78.3 cm³/mol. The molecule has 104 valence electrons. The van der Waals surface area contributed by atoms with E-state index < -0.39 is 0 Å². The van der Waals surface area contributed by atoms with E-state index in [0.29, 0.717) is 6.04 Å². The largest absolute Gasteiger partial charge is 0.367 e. The van der Waals surface area contributed by atoms with Crippen molar-refractivity contribution in [3.8, 4) is 0 Å². The van der Waals surface area contributed by atoms with Gasteiger partial charge in [0.05, 0.1) is 0 Å². The molecule has 0 bridgehead atoms.